The van der Waals surface area contributed by atoms with Gasteiger partial charge in [0, 0.05) is 17.6 Å². The maximum absolute atomic E-state index is 13.2. The number of nitrogens with one attached hydrogen (secondary N) is 1. The normalized spacial score (nSPS) is 11.3. The third-order valence-corrected chi connectivity index (χ3v) is 6.21. The van der Waals surface area contributed by atoms with Gasteiger partial charge in [-0.1, -0.05) is 11.6 Å². The number of sulfonamides is 1. The van der Waals surface area contributed by atoms with Crippen molar-refractivity contribution in [2.45, 2.75) is 17.7 Å². The average molecular weight is 479 g/mol. The van der Waals surface area contributed by atoms with Crippen LogP contribution in [-0.2, 0) is 16.4 Å². The van der Waals surface area contributed by atoms with Gasteiger partial charge in [0.15, 0.2) is 4.90 Å². The molecule has 3 rings (SSSR count). The number of nitrogen functional groups attached to an aromatic ring is 1. The molecule has 2 aromatic carbocycles. The summed E-state index contributed by atoms with van der Waals surface area (Å²) in [5.41, 5.74) is 6.28. The van der Waals surface area contributed by atoms with E-state index in [4.69, 9.17) is 17.3 Å². The molecule has 0 aliphatic carbocycles. The first-order valence-corrected chi connectivity index (χ1v) is 11.0. The topological polar surface area (TPSA) is 157 Å². The zero-order valence-corrected chi connectivity index (χ0v) is 17.9. The Balaban J connectivity index is 1.72. The smallest absolute Gasteiger partial charge is 0.290 e. The summed E-state index contributed by atoms with van der Waals surface area (Å²) in [4.78, 5) is 9.82. The minimum atomic E-state index is -4.17. The predicted octanol–water partition coefficient (Wildman–Crippen LogP) is 2.94. The van der Waals surface area contributed by atoms with E-state index in [9.17, 15) is 28.2 Å². The molecule has 10 nitrogen and oxygen atoms in total. The average Bonchev–Trinajstić information content (AvgIpc) is 3.06. The van der Waals surface area contributed by atoms with Crippen LogP contribution in [0.2, 0.25) is 5.02 Å². The molecule has 0 unspecified atom stereocenters. The summed E-state index contributed by atoms with van der Waals surface area (Å²) >= 11 is 5.72. The number of anilines is 1. The molecule has 32 heavy (non-hydrogen) atoms. The van der Waals surface area contributed by atoms with Crippen LogP contribution >= 0.6 is 11.6 Å². The number of aromatic nitrogens is 2. The van der Waals surface area contributed by atoms with Gasteiger partial charge < -0.3 is 5.73 Å². The third-order valence-electron chi connectivity index (χ3n) is 4.47. The standard InChI is InChI=1S/C19H16ClFN6O4S/c20-12-3-8-18(17(10-12)27(28)29)32(30,31)24-9-1-2-16-15(11-22)19(23)26(25-16)14-6-4-13(21)5-7-14/h3-8,10,24H,1-2,9,23H2. The highest BCUT2D eigenvalue weighted by atomic mass is 35.5. The van der Waals surface area contributed by atoms with Gasteiger partial charge in [-0.2, -0.15) is 10.4 Å². The summed E-state index contributed by atoms with van der Waals surface area (Å²) in [6.07, 6.45) is 0.432. The zero-order valence-electron chi connectivity index (χ0n) is 16.3. The molecular weight excluding hydrogens is 463 g/mol. The number of hydrogen-bond acceptors (Lipinski definition) is 7. The summed E-state index contributed by atoms with van der Waals surface area (Å²) in [5, 5.41) is 24.9. The SMILES string of the molecule is N#Cc1c(CCCNS(=O)(=O)c2ccc(Cl)cc2[N+](=O)[O-])nn(-c2ccc(F)cc2)c1N. The van der Waals surface area contributed by atoms with E-state index in [2.05, 4.69) is 9.82 Å². The lowest BCUT2D eigenvalue weighted by molar-refractivity contribution is -0.387. The first-order valence-electron chi connectivity index (χ1n) is 9.11. The highest BCUT2D eigenvalue weighted by Crippen LogP contribution is 2.27. The van der Waals surface area contributed by atoms with E-state index in [1.54, 1.807) is 0 Å². The number of nitrogens with two attached hydrogens (primary N) is 1. The molecule has 0 saturated heterocycles. The Bertz CT molecular complexity index is 1320. The van der Waals surface area contributed by atoms with Crippen molar-refractivity contribution in [3.05, 3.63) is 74.7 Å². The number of nitrogens with zero attached hydrogens (tertiary/aromatic N) is 4. The number of benzene rings is 2. The molecule has 0 bridgehead atoms. The van der Waals surface area contributed by atoms with Gasteiger partial charge in [0.1, 0.15) is 23.3 Å². The second kappa shape index (κ2) is 9.31. The molecule has 0 fully saturated rings. The fraction of sp³-hybridized carbons (Fsp3) is 0.158. The Hall–Kier alpha value is -3.53. The van der Waals surface area contributed by atoms with Gasteiger partial charge in [0.05, 0.1) is 16.3 Å². The highest BCUT2D eigenvalue weighted by Gasteiger charge is 2.26. The van der Waals surface area contributed by atoms with E-state index in [1.165, 1.54) is 35.0 Å². The molecule has 0 atom stereocenters. The lowest BCUT2D eigenvalue weighted by atomic mass is 10.1. The molecule has 0 saturated carbocycles. The fourth-order valence-corrected chi connectivity index (χ4v) is 4.35. The van der Waals surface area contributed by atoms with E-state index < -0.39 is 31.3 Å². The van der Waals surface area contributed by atoms with Crippen LogP contribution in [0.1, 0.15) is 17.7 Å². The number of halogens is 2. The molecule has 3 aromatic rings. The van der Waals surface area contributed by atoms with Gasteiger partial charge in [-0.25, -0.2) is 22.2 Å². The molecule has 0 radical (unpaired) electrons. The van der Waals surface area contributed by atoms with Crippen molar-refractivity contribution < 1.29 is 17.7 Å². The van der Waals surface area contributed by atoms with E-state index in [0.29, 0.717) is 11.4 Å². The van der Waals surface area contributed by atoms with Gasteiger partial charge in [0.25, 0.3) is 5.69 Å². The van der Waals surface area contributed by atoms with Crippen LogP contribution in [0.25, 0.3) is 5.69 Å². The molecule has 1 heterocycles. The summed E-state index contributed by atoms with van der Waals surface area (Å²) in [5.74, 6) is -0.361. The number of rotatable bonds is 8. The summed E-state index contributed by atoms with van der Waals surface area (Å²) in [7, 11) is -4.17. The monoisotopic (exact) mass is 478 g/mol. The van der Waals surface area contributed by atoms with E-state index in [0.717, 1.165) is 12.1 Å². The van der Waals surface area contributed by atoms with Gasteiger partial charge in [0.2, 0.25) is 10.0 Å². The number of hydrogen-bond donors (Lipinski definition) is 2. The van der Waals surface area contributed by atoms with Gasteiger partial charge in [-0.05, 0) is 49.2 Å². The Kier molecular flexibility index (Phi) is 6.73. The van der Waals surface area contributed by atoms with Gasteiger partial charge in [-0.15, -0.1) is 0 Å². The lowest BCUT2D eigenvalue weighted by Crippen LogP contribution is -2.26. The van der Waals surface area contributed by atoms with Gasteiger partial charge >= 0.3 is 0 Å². The molecule has 166 valence electrons. The largest absolute Gasteiger partial charge is 0.382 e. The Morgan fingerprint density at radius 1 is 1.28 bits per heavy atom. The number of aryl methyl sites for hydroxylation is 1. The highest BCUT2D eigenvalue weighted by molar-refractivity contribution is 7.89. The van der Waals surface area contributed by atoms with E-state index in [-0.39, 0.29) is 35.8 Å². The van der Waals surface area contributed by atoms with Crippen LogP contribution in [0.4, 0.5) is 15.9 Å². The molecule has 1 aromatic heterocycles. The number of nitro benzene ring substituents is 1. The molecular formula is C19H16ClFN6O4S. The third kappa shape index (κ3) is 4.86. The van der Waals surface area contributed by atoms with Crippen molar-refractivity contribution in [3.63, 3.8) is 0 Å². The van der Waals surface area contributed by atoms with Crippen molar-refractivity contribution in [1.29, 1.82) is 5.26 Å². The molecule has 0 aliphatic heterocycles. The maximum atomic E-state index is 13.2. The zero-order chi connectivity index (χ0) is 23.5. The van der Waals surface area contributed by atoms with Gasteiger partial charge in [-0.3, -0.25) is 10.1 Å². The Labute approximate surface area is 187 Å². The van der Waals surface area contributed by atoms with Crippen LogP contribution in [0.5, 0.6) is 0 Å². The molecule has 13 heteroatoms. The number of nitro groups is 1. The first-order chi connectivity index (χ1) is 15.1. The summed E-state index contributed by atoms with van der Waals surface area (Å²) < 4.78 is 41.7. The lowest BCUT2D eigenvalue weighted by Gasteiger charge is -2.07. The second-order valence-corrected chi connectivity index (χ2v) is 8.75. The summed E-state index contributed by atoms with van der Waals surface area (Å²) in [6.45, 7) is -0.0731. The Morgan fingerprint density at radius 2 is 1.97 bits per heavy atom. The van der Waals surface area contributed by atoms with Crippen LogP contribution in [0, 0.1) is 27.3 Å². The molecule has 3 N–H and O–H groups in total. The van der Waals surface area contributed by atoms with Crippen LogP contribution in [0.3, 0.4) is 0 Å². The predicted molar refractivity (Wildman–Crippen MR) is 114 cm³/mol. The minimum absolute atomic E-state index is 0.0361. The molecule has 0 spiro atoms. The van der Waals surface area contributed by atoms with E-state index in [1.807, 2.05) is 6.07 Å². The van der Waals surface area contributed by atoms with Crippen molar-refractivity contribution in [1.82, 2.24) is 14.5 Å². The van der Waals surface area contributed by atoms with Crippen LogP contribution < -0.4 is 10.5 Å². The summed E-state index contributed by atoms with van der Waals surface area (Å²) in [6, 6.07) is 10.6. The van der Waals surface area contributed by atoms with Crippen molar-refractivity contribution in [3.8, 4) is 11.8 Å². The van der Waals surface area contributed by atoms with Crippen LogP contribution in [0.15, 0.2) is 47.4 Å². The maximum Gasteiger partial charge on any atom is 0.290 e. The van der Waals surface area contributed by atoms with Crippen LogP contribution in [-0.4, -0.2) is 29.7 Å². The van der Waals surface area contributed by atoms with Crippen molar-refractivity contribution in [2.24, 2.45) is 0 Å². The van der Waals surface area contributed by atoms with Crippen molar-refractivity contribution in [2.75, 3.05) is 12.3 Å². The molecule has 0 aliphatic rings. The van der Waals surface area contributed by atoms with Crippen molar-refractivity contribution >= 4 is 33.1 Å². The minimum Gasteiger partial charge on any atom is -0.382 e. The van der Waals surface area contributed by atoms with E-state index >= 15 is 0 Å². The molecule has 0 amide bonds. The fourth-order valence-electron chi connectivity index (χ4n) is 2.95. The number of nitriles is 1. The Morgan fingerprint density at radius 3 is 2.59 bits per heavy atom. The quantitative estimate of drug-likeness (QED) is 0.286. The first kappa shape index (κ1) is 23.1. The second-order valence-electron chi connectivity index (χ2n) is 6.58.